The lowest BCUT2D eigenvalue weighted by Crippen LogP contribution is -2.12. The van der Waals surface area contributed by atoms with E-state index < -0.39 is 0 Å². The molecule has 1 unspecified atom stereocenters. The molecule has 0 saturated carbocycles. The number of hydrogen-bond donors (Lipinski definition) is 1. The molecule has 1 aromatic heterocycles. The monoisotopic (exact) mass is 261 g/mol. The molecular formula is C15H16ClNO. The quantitative estimate of drug-likeness (QED) is 0.896. The van der Waals surface area contributed by atoms with Crippen LogP contribution in [0.1, 0.15) is 17.5 Å². The number of halogens is 1. The van der Waals surface area contributed by atoms with Crippen LogP contribution in [-0.2, 0) is 12.8 Å². The fourth-order valence-corrected chi connectivity index (χ4v) is 2.12. The van der Waals surface area contributed by atoms with Crippen LogP contribution in [0.3, 0.4) is 0 Å². The Morgan fingerprint density at radius 2 is 1.83 bits per heavy atom. The van der Waals surface area contributed by atoms with Crippen molar-refractivity contribution in [3.63, 3.8) is 0 Å². The minimum atomic E-state index is -0.363. The first-order valence-electron chi connectivity index (χ1n) is 6.06. The number of hydrogen-bond acceptors (Lipinski definition) is 2. The maximum atomic E-state index is 10.0. The van der Waals surface area contributed by atoms with Gasteiger partial charge in [-0.25, -0.2) is 0 Å². The molecule has 0 saturated heterocycles. The van der Waals surface area contributed by atoms with Crippen molar-refractivity contribution in [3.05, 3.63) is 64.9 Å². The van der Waals surface area contributed by atoms with Crippen molar-refractivity contribution in [3.8, 4) is 0 Å². The summed E-state index contributed by atoms with van der Waals surface area (Å²) in [4.78, 5) is 3.97. The van der Waals surface area contributed by atoms with Crippen molar-refractivity contribution in [2.45, 2.75) is 25.4 Å². The molecule has 2 rings (SSSR count). The van der Waals surface area contributed by atoms with Crippen molar-refractivity contribution in [2.75, 3.05) is 0 Å². The van der Waals surface area contributed by atoms with Crippen LogP contribution in [0.5, 0.6) is 0 Å². The summed E-state index contributed by atoms with van der Waals surface area (Å²) in [6.07, 6.45) is 5.37. The van der Waals surface area contributed by atoms with Crippen molar-refractivity contribution < 1.29 is 5.11 Å². The zero-order valence-electron chi connectivity index (χ0n) is 10.1. The van der Waals surface area contributed by atoms with Crippen LogP contribution < -0.4 is 0 Å². The van der Waals surface area contributed by atoms with Crippen LogP contribution in [-0.4, -0.2) is 16.2 Å². The number of aromatic nitrogens is 1. The summed E-state index contributed by atoms with van der Waals surface area (Å²) in [5.41, 5.74) is 2.20. The summed E-state index contributed by atoms with van der Waals surface area (Å²) in [5.74, 6) is 0. The van der Waals surface area contributed by atoms with Crippen molar-refractivity contribution in [1.82, 2.24) is 4.98 Å². The van der Waals surface area contributed by atoms with Gasteiger partial charge in [0.05, 0.1) is 6.10 Å². The highest BCUT2D eigenvalue weighted by Crippen LogP contribution is 2.18. The Kier molecular flexibility index (Phi) is 4.73. The van der Waals surface area contributed by atoms with E-state index in [0.29, 0.717) is 6.42 Å². The average Bonchev–Trinajstić information content (AvgIpc) is 2.40. The predicted octanol–water partition coefficient (Wildman–Crippen LogP) is 3.27. The van der Waals surface area contributed by atoms with E-state index in [1.165, 1.54) is 5.56 Å². The van der Waals surface area contributed by atoms with E-state index in [1.807, 2.05) is 36.4 Å². The summed E-state index contributed by atoms with van der Waals surface area (Å²) in [6, 6.07) is 11.6. The number of benzene rings is 1. The van der Waals surface area contributed by atoms with E-state index in [-0.39, 0.29) is 6.10 Å². The van der Waals surface area contributed by atoms with Gasteiger partial charge in [-0.05, 0) is 48.6 Å². The largest absolute Gasteiger partial charge is 0.393 e. The average molecular weight is 262 g/mol. The van der Waals surface area contributed by atoms with E-state index in [4.69, 9.17) is 11.6 Å². The molecule has 1 N–H and O–H groups in total. The van der Waals surface area contributed by atoms with Gasteiger partial charge in [-0.3, -0.25) is 4.98 Å². The Bertz CT molecular complexity index is 487. The first kappa shape index (κ1) is 13.1. The van der Waals surface area contributed by atoms with E-state index in [1.54, 1.807) is 12.4 Å². The van der Waals surface area contributed by atoms with Gasteiger partial charge in [-0.1, -0.05) is 29.8 Å². The highest BCUT2D eigenvalue weighted by molar-refractivity contribution is 6.31. The lowest BCUT2D eigenvalue weighted by molar-refractivity contribution is 0.165. The molecule has 0 bridgehead atoms. The number of pyridine rings is 1. The zero-order chi connectivity index (χ0) is 12.8. The molecule has 0 aliphatic carbocycles. The molecule has 1 aromatic carbocycles. The molecule has 0 spiro atoms. The molecule has 2 aromatic rings. The third-order valence-electron chi connectivity index (χ3n) is 2.93. The van der Waals surface area contributed by atoms with Gasteiger partial charge in [-0.15, -0.1) is 0 Å². The normalized spacial score (nSPS) is 12.3. The Hall–Kier alpha value is -1.38. The van der Waals surface area contributed by atoms with Crippen LogP contribution in [0.2, 0.25) is 5.02 Å². The molecule has 3 heteroatoms. The van der Waals surface area contributed by atoms with Crippen LogP contribution >= 0.6 is 11.6 Å². The van der Waals surface area contributed by atoms with Crippen LogP contribution in [0.25, 0.3) is 0 Å². The third-order valence-corrected chi connectivity index (χ3v) is 3.30. The highest BCUT2D eigenvalue weighted by Gasteiger charge is 2.08. The Morgan fingerprint density at radius 1 is 1.11 bits per heavy atom. The second-order valence-corrected chi connectivity index (χ2v) is 4.75. The second kappa shape index (κ2) is 6.53. The summed E-state index contributed by atoms with van der Waals surface area (Å²) in [7, 11) is 0. The van der Waals surface area contributed by atoms with Crippen molar-refractivity contribution in [1.29, 1.82) is 0 Å². The van der Waals surface area contributed by atoms with Gasteiger partial charge in [0.1, 0.15) is 0 Å². The number of aliphatic hydroxyl groups excluding tert-OH is 1. The van der Waals surface area contributed by atoms with Crippen LogP contribution in [0.4, 0.5) is 0 Å². The molecule has 94 valence electrons. The summed E-state index contributed by atoms with van der Waals surface area (Å²) in [6.45, 7) is 0. The maximum absolute atomic E-state index is 10.0. The fraction of sp³-hybridized carbons (Fsp3) is 0.267. The summed E-state index contributed by atoms with van der Waals surface area (Å²) >= 11 is 6.07. The Morgan fingerprint density at radius 3 is 2.56 bits per heavy atom. The van der Waals surface area contributed by atoms with Gasteiger partial charge in [-0.2, -0.15) is 0 Å². The number of aryl methyl sites for hydroxylation is 1. The van der Waals surface area contributed by atoms with E-state index in [0.717, 1.165) is 23.4 Å². The topological polar surface area (TPSA) is 33.1 Å². The number of nitrogens with zero attached hydrogens (tertiary/aromatic N) is 1. The molecule has 1 atom stereocenters. The molecule has 0 aliphatic heterocycles. The van der Waals surface area contributed by atoms with Gasteiger partial charge < -0.3 is 5.11 Å². The molecule has 0 amide bonds. The van der Waals surface area contributed by atoms with E-state index in [2.05, 4.69) is 4.98 Å². The highest BCUT2D eigenvalue weighted by atomic mass is 35.5. The molecule has 0 radical (unpaired) electrons. The fourth-order valence-electron chi connectivity index (χ4n) is 1.90. The van der Waals surface area contributed by atoms with Crippen molar-refractivity contribution >= 4 is 11.6 Å². The second-order valence-electron chi connectivity index (χ2n) is 4.34. The number of rotatable bonds is 5. The van der Waals surface area contributed by atoms with Gasteiger partial charge in [0.25, 0.3) is 0 Å². The SMILES string of the molecule is OC(CCc1ccncc1)Cc1ccccc1Cl. The maximum Gasteiger partial charge on any atom is 0.0584 e. The first-order chi connectivity index (χ1) is 8.75. The summed E-state index contributed by atoms with van der Waals surface area (Å²) < 4.78 is 0. The van der Waals surface area contributed by atoms with Crippen LogP contribution in [0.15, 0.2) is 48.8 Å². The van der Waals surface area contributed by atoms with E-state index in [9.17, 15) is 5.11 Å². The van der Waals surface area contributed by atoms with Gasteiger partial charge in [0.2, 0.25) is 0 Å². The van der Waals surface area contributed by atoms with Gasteiger partial charge in [0.15, 0.2) is 0 Å². The Balaban J connectivity index is 1.86. The molecule has 0 fully saturated rings. The minimum absolute atomic E-state index is 0.363. The minimum Gasteiger partial charge on any atom is -0.393 e. The van der Waals surface area contributed by atoms with Crippen LogP contribution in [0, 0.1) is 0 Å². The third kappa shape index (κ3) is 3.83. The standard InChI is InChI=1S/C15H16ClNO/c16-15-4-2-1-3-13(15)11-14(18)6-5-12-7-9-17-10-8-12/h1-4,7-10,14,18H,5-6,11H2. The summed E-state index contributed by atoms with van der Waals surface area (Å²) in [5, 5.41) is 10.7. The lowest BCUT2D eigenvalue weighted by Gasteiger charge is -2.11. The van der Waals surface area contributed by atoms with Crippen molar-refractivity contribution in [2.24, 2.45) is 0 Å². The van der Waals surface area contributed by atoms with Gasteiger partial charge in [0, 0.05) is 17.4 Å². The number of aliphatic hydroxyl groups is 1. The van der Waals surface area contributed by atoms with E-state index >= 15 is 0 Å². The van der Waals surface area contributed by atoms with Gasteiger partial charge >= 0.3 is 0 Å². The molecule has 1 heterocycles. The smallest absolute Gasteiger partial charge is 0.0584 e. The molecule has 0 aliphatic rings. The molecular weight excluding hydrogens is 246 g/mol. The molecule has 18 heavy (non-hydrogen) atoms. The predicted molar refractivity (Wildman–Crippen MR) is 73.7 cm³/mol. The first-order valence-corrected chi connectivity index (χ1v) is 6.44. The Labute approximate surface area is 112 Å². The molecule has 2 nitrogen and oxygen atoms in total. The zero-order valence-corrected chi connectivity index (χ0v) is 10.8. The lowest BCUT2D eigenvalue weighted by atomic mass is 10.0.